The SMILES string of the molecule is COc1c(C)cnc(CC(CBr)c2ccccc2Cl)c1C. The van der Waals surface area contributed by atoms with E-state index in [0.29, 0.717) is 0 Å². The number of rotatable bonds is 5. The molecule has 0 fully saturated rings. The fraction of sp³-hybridized carbons (Fsp3) is 0.353. The van der Waals surface area contributed by atoms with Gasteiger partial charge in [0.05, 0.1) is 7.11 Å². The van der Waals surface area contributed by atoms with Crippen molar-refractivity contribution >= 4 is 27.5 Å². The molecule has 1 aromatic carbocycles. The van der Waals surface area contributed by atoms with Crippen molar-refractivity contribution in [1.29, 1.82) is 0 Å². The summed E-state index contributed by atoms with van der Waals surface area (Å²) >= 11 is 9.92. The maximum atomic E-state index is 6.32. The fourth-order valence-electron chi connectivity index (χ4n) is 2.56. The smallest absolute Gasteiger partial charge is 0.128 e. The first-order valence-electron chi connectivity index (χ1n) is 6.88. The van der Waals surface area contributed by atoms with E-state index >= 15 is 0 Å². The molecule has 2 aromatic rings. The van der Waals surface area contributed by atoms with Crippen LogP contribution in [0.1, 0.15) is 28.3 Å². The molecule has 0 aliphatic rings. The number of pyridine rings is 1. The third-order valence-corrected chi connectivity index (χ3v) is 4.85. The van der Waals surface area contributed by atoms with Gasteiger partial charge in [-0.25, -0.2) is 0 Å². The molecule has 0 aliphatic carbocycles. The normalized spacial score (nSPS) is 12.2. The third kappa shape index (κ3) is 3.58. The number of methoxy groups -OCH3 is 1. The molecule has 0 radical (unpaired) electrons. The second kappa shape index (κ2) is 7.28. The molecular formula is C17H19BrClNO. The maximum Gasteiger partial charge on any atom is 0.128 e. The Morgan fingerprint density at radius 3 is 2.62 bits per heavy atom. The predicted octanol–water partition coefficient (Wildman–Crippen LogP) is 5.08. The maximum absolute atomic E-state index is 6.32. The molecule has 1 atom stereocenters. The van der Waals surface area contributed by atoms with E-state index in [1.54, 1.807) is 7.11 Å². The van der Waals surface area contributed by atoms with Crippen LogP contribution in [-0.2, 0) is 6.42 Å². The summed E-state index contributed by atoms with van der Waals surface area (Å²) in [6.45, 7) is 4.07. The zero-order chi connectivity index (χ0) is 15.4. The Kier molecular flexibility index (Phi) is 5.65. The molecular weight excluding hydrogens is 350 g/mol. The average molecular weight is 369 g/mol. The van der Waals surface area contributed by atoms with Gasteiger partial charge in [0, 0.05) is 39.3 Å². The van der Waals surface area contributed by atoms with Gasteiger partial charge in [-0.2, -0.15) is 0 Å². The van der Waals surface area contributed by atoms with E-state index in [4.69, 9.17) is 16.3 Å². The van der Waals surface area contributed by atoms with Gasteiger partial charge in [-0.15, -0.1) is 0 Å². The van der Waals surface area contributed by atoms with Crippen molar-refractivity contribution in [2.75, 3.05) is 12.4 Å². The highest BCUT2D eigenvalue weighted by Crippen LogP contribution is 2.31. The molecule has 0 amide bonds. The van der Waals surface area contributed by atoms with Crippen molar-refractivity contribution in [3.8, 4) is 5.75 Å². The highest BCUT2D eigenvalue weighted by molar-refractivity contribution is 9.09. The van der Waals surface area contributed by atoms with E-state index in [9.17, 15) is 0 Å². The summed E-state index contributed by atoms with van der Waals surface area (Å²) in [7, 11) is 1.70. The van der Waals surface area contributed by atoms with Crippen LogP contribution in [0.2, 0.25) is 5.02 Å². The van der Waals surface area contributed by atoms with Crippen LogP contribution in [0.25, 0.3) is 0 Å². The second-order valence-corrected chi connectivity index (χ2v) is 6.18. The minimum atomic E-state index is 0.289. The first-order chi connectivity index (χ1) is 10.1. The molecule has 0 N–H and O–H groups in total. The van der Waals surface area contributed by atoms with Crippen LogP contribution >= 0.6 is 27.5 Å². The summed E-state index contributed by atoms with van der Waals surface area (Å²) in [5.74, 6) is 1.21. The number of halogens is 2. The number of alkyl halides is 1. The van der Waals surface area contributed by atoms with Crippen LogP contribution in [0.4, 0.5) is 0 Å². The number of benzene rings is 1. The van der Waals surface area contributed by atoms with E-state index in [0.717, 1.165) is 44.9 Å². The zero-order valence-electron chi connectivity index (χ0n) is 12.5. The number of aryl methyl sites for hydroxylation is 1. The topological polar surface area (TPSA) is 22.1 Å². The van der Waals surface area contributed by atoms with Crippen molar-refractivity contribution in [3.05, 3.63) is 57.9 Å². The summed E-state index contributed by atoms with van der Waals surface area (Å²) in [5, 5.41) is 1.65. The number of aromatic nitrogens is 1. The molecule has 2 rings (SSSR count). The van der Waals surface area contributed by atoms with Gasteiger partial charge in [-0.05, 0) is 31.9 Å². The number of ether oxygens (including phenoxy) is 1. The molecule has 0 spiro atoms. The number of hydrogen-bond acceptors (Lipinski definition) is 2. The molecule has 2 nitrogen and oxygen atoms in total. The Morgan fingerprint density at radius 2 is 2.00 bits per heavy atom. The van der Waals surface area contributed by atoms with Crippen molar-refractivity contribution in [1.82, 2.24) is 4.98 Å². The van der Waals surface area contributed by atoms with Crippen molar-refractivity contribution < 1.29 is 4.74 Å². The lowest BCUT2D eigenvalue weighted by molar-refractivity contribution is 0.406. The summed E-state index contributed by atoms with van der Waals surface area (Å²) in [5.41, 5.74) is 4.38. The lowest BCUT2D eigenvalue weighted by atomic mass is 9.94. The van der Waals surface area contributed by atoms with Gasteiger partial charge >= 0.3 is 0 Å². The minimum absolute atomic E-state index is 0.289. The Hall–Kier alpha value is -1.06. The van der Waals surface area contributed by atoms with Gasteiger partial charge in [-0.3, -0.25) is 4.98 Å². The highest BCUT2D eigenvalue weighted by atomic mass is 79.9. The third-order valence-electron chi connectivity index (χ3n) is 3.72. The van der Waals surface area contributed by atoms with E-state index in [1.807, 2.05) is 31.3 Å². The fourth-order valence-corrected chi connectivity index (χ4v) is 3.43. The molecule has 0 saturated carbocycles. The van der Waals surface area contributed by atoms with E-state index in [1.165, 1.54) is 0 Å². The van der Waals surface area contributed by atoms with Gasteiger partial charge < -0.3 is 4.74 Å². The van der Waals surface area contributed by atoms with E-state index in [-0.39, 0.29) is 5.92 Å². The largest absolute Gasteiger partial charge is 0.496 e. The minimum Gasteiger partial charge on any atom is -0.496 e. The predicted molar refractivity (Wildman–Crippen MR) is 92.0 cm³/mol. The van der Waals surface area contributed by atoms with Gasteiger partial charge in [-0.1, -0.05) is 45.7 Å². The summed E-state index contributed by atoms with van der Waals surface area (Å²) < 4.78 is 5.48. The molecule has 1 heterocycles. The molecule has 0 saturated heterocycles. The lowest BCUT2D eigenvalue weighted by Crippen LogP contribution is -2.09. The van der Waals surface area contributed by atoms with Crippen molar-refractivity contribution in [2.24, 2.45) is 0 Å². The summed E-state index contributed by atoms with van der Waals surface area (Å²) in [4.78, 5) is 4.59. The van der Waals surface area contributed by atoms with Crippen LogP contribution in [-0.4, -0.2) is 17.4 Å². The van der Waals surface area contributed by atoms with Gasteiger partial charge in [0.1, 0.15) is 5.75 Å². The number of hydrogen-bond donors (Lipinski definition) is 0. The standard InChI is InChI=1S/C17H19BrClNO/c1-11-10-20-16(12(2)17(11)21-3)8-13(9-18)14-6-4-5-7-15(14)19/h4-7,10,13H,8-9H2,1-3H3. The van der Waals surface area contributed by atoms with Crippen LogP contribution in [0, 0.1) is 13.8 Å². The number of nitrogens with zero attached hydrogens (tertiary/aromatic N) is 1. The molecule has 1 unspecified atom stereocenters. The summed E-state index contributed by atoms with van der Waals surface area (Å²) in [6, 6.07) is 7.99. The van der Waals surface area contributed by atoms with Crippen LogP contribution in [0.3, 0.4) is 0 Å². The van der Waals surface area contributed by atoms with Crippen LogP contribution in [0.15, 0.2) is 30.5 Å². The highest BCUT2D eigenvalue weighted by Gasteiger charge is 2.18. The molecule has 4 heteroatoms. The van der Waals surface area contributed by atoms with Crippen molar-refractivity contribution in [2.45, 2.75) is 26.2 Å². The van der Waals surface area contributed by atoms with Crippen molar-refractivity contribution in [3.63, 3.8) is 0 Å². The molecule has 0 aliphatic heterocycles. The zero-order valence-corrected chi connectivity index (χ0v) is 14.8. The van der Waals surface area contributed by atoms with Crippen LogP contribution < -0.4 is 4.74 Å². The first-order valence-corrected chi connectivity index (χ1v) is 8.37. The van der Waals surface area contributed by atoms with Gasteiger partial charge in [0.2, 0.25) is 0 Å². The Balaban J connectivity index is 2.34. The Labute approximate surface area is 139 Å². The molecule has 21 heavy (non-hydrogen) atoms. The average Bonchev–Trinajstić information content (AvgIpc) is 2.48. The van der Waals surface area contributed by atoms with Gasteiger partial charge in [0.25, 0.3) is 0 Å². The van der Waals surface area contributed by atoms with Gasteiger partial charge in [0.15, 0.2) is 0 Å². The lowest BCUT2D eigenvalue weighted by Gasteiger charge is -2.18. The first kappa shape index (κ1) is 16.3. The Bertz CT molecular complexity index is 630. The van der Waals surface area contributed by atoms with Crippen LogP contribution in [0.5, 0.6) is 5.75 Å². The van der Waals surface area contributed by atoms with E-state index in [2.05, 4.69) is 33.9 Å². The monoisotopic (exact) mass is 367 g/mol. The summed E-state index contributed by atoms with van der Waals surface area (Å²) in [6.07, 6.45) is 2.70. The second-order valence-electron chi connectivity index (χ2n) is 5.12. The molecule has 0 bridgehead atoms. The quantitative estimate of drug-likeness (QED) is 0.686. The molecule has 1 aromatic heterocycles. The van der Waals surface area contributed by atoms with E-state index < -0.39 is 0 Å². The molecule has 112 valence electrons. The Morgan fingerprint density at radius 1 is 1.29 bits per heavy atom.